The summed E-state index contributed by atoms with van der Waals surface area (Å²) in [5.74, 6) is 1.95. The van der Waals surface area contributed by atoms with E-state index in [9.17, 15) is 0 Å². The van der Waals surface area contributed by atoms with Crippen molar-refractivity contribution in [3.63, 3.8) is 0 Å². The molecular weight excluding hydrogens is 254 g/mol. The Morgan fingerprint density at radius 3 is 2.89 bits per heavy atom. The van der Waals surface area contributed by atoms with Crippen LogP contribution in [0.5, 0.6) is 0 Å². The molecule has 0 amide bonds. The van der Waals surface area contributed by atoms with Crippen LogP contribution in [0.4, 0.5) is 0 Å². The molecule has 1 fully saturated rings. The van der Waals surface area contributed by atoms with Crippen LogP contribution in [0.1, 0.15) is 19.8 Å². The van der Waals surface area contributed by atoms with Crippen molar-refractivity contribution in [3.8, 4) is 0 Å². The SMILES string of the molecule is C[C@H]1CCC[NH+](CCOCCSc2ccccc2)C1. The number of hydrogen-bond acceptors (Lipinski definition) is 2. The number of ether oxygens (including phenoxy) is 1. The number of nitrogens with one attached hydrogen (secondary N) is 1. The zero-order valence-corrected chi connectivity index (χ0v) is 12.8. The minimum absolute atomic E-state index is 0.863. The number of benzene rings is 1. The number of thioether (sulfide) groups is 1. The average molecular weight is 280 g/mol. The van der Waals surface area contributed by atoms with Crippen LogP contribution < -0.4 is 4.90 Å². The second-order valence-corrected chi connectivity index (χ2v) is 6.64. The summed E-state index contributed by atoms with van der Waals surface area (Å²) in [7, 11) is 0. The molecule has 2 nitrogen and oxygen atoms in total. The molecule has 3 heteroatoms. The molecule has 1 unspecified atom stereocenters. The quantitative estimate of drug-likeness (QED) is 0.607. The van der Waals surface area contributed by atoms with Crippen molar-refractivity contribution in [2.75, 3.05) is 38.6 Å². The van der Waals surface area contributed by atoms with E-state index < -0.39 is 0 Å². The highest BCUT2D eigenvalue weighted by Crippen LogP contribution is 2.16. The molecule has 0 radical (unpaired) electrons. The summed E-state index contributed by atoms with van der Waals surface area (Å²) in [6.45, 7) is 8.01. The van der Waals surface area contributed by atoms with Gasteiger partial charge in [-0.2, -0.15) is 0 Å². The smallest absolute Gasteiger partial charge is 0.101 e. The lowest BCUT2D eigenvalue weighted by atomic mass is 10.0. The summed E-state index contributed by atoms with van der Waals surface area (Å²) in [4.78, 5) is 3.07. The van der Waals surface area contributed by atoms with E-state index in [2.05, 4.69) is 37.3 Å². The maximum absolute atomic E-state index is 5.75. The first-order valence-corrected chi connectivity index (χ1v) is 8.42. The summed E-state index contributed by atoms with van der Waals surface area (Å²) in [5.41, 5.74) is 0. The lowest BCUT2D eigenvalue weighted by molar-refractivity contribution is -0.908. The number of hydrogen-bond donors (Lipinski definition) is 1. The van der Waals surface area contributed by atoms with Crippen LogP contribution >= 0.6 is 11.8 Å². The van der Waals surface area contributed by atoms with Gasteiger partial charge in [-0.05, 0) is 25.0 Å². The maximum atomic E-state index is 5.75. The molecule has 0 aliphatic carbocycles. The highest BCUT2D eigenvalue weighted by Gasteiger charge is 2.18. The molecule has 1 aliphatic rings. The number of rotatable bonds is 7. The van der Waals surface area contributed by atoms with Gasteiger partial charge in [0.15, 0.2) is 0 Å². The second-order valence-electron chi connectivity index (χ2n) is 5.48. The van der Waals surface area contributed by atoms with Gasteiger partial charge in [-0.3, -0.25) is 0 Å². The zero-order chi connectivity index (χ0) is 13.3. The third-order valence-corrected chi connectivity index (χ3v) is 4.68. The largest absolute Gasteiger partial charge is 0.375 e. The van der Waals surface area contributed by atoms with E-state index in [-0.39, 0.29) is 0 Å². The fraction of sp³-hybridized carbons (Fsp3) is 0.625. The van der Waals surface area contributed by atoms with Gasteiger partial charge in [-0.15, -0.1) is 11.8 Å². The zero-order valence-electron chi connectivity index (χ0n) is 11.9. The minimum atomic E-state index is 0.863. The number of likely N-dealkylation sites (tertiary alicyclic amines) is 1. The standard InChI is InChI=1S/C16H25NOS/c1-15-6-5-9-17(14-15)10-11-18-12-13-19-16-7-3-2-4-8-16/h2-4,7-8,15H,5-6,9-14H2,1H3/p+1/t15-/m0/s1. The Morgan fingerprint density at radius 2 is 2.11 bits per heavy atom. The Labute approximate surface area is 121 Å². The molecule has 1 N–H and O–H groups in total. The van der Waals surface area contributed by atoms with E-state index in [4.69, 9.17) is 4.74 Å². The third-order valence-electron chi connectivity index (χ3n) is 3.70. The van der Waals surface area contributed by atoms with Crippen LogP contribution in [-0.2, 0) is 4.74 Å². The van der Waals surface area contributed by atoms with Crippen molar-refractivity contribution >= 4 is 11.8 Å². The molecule has 2 atom stereocenters. The molecule has 0 spiro atoms. The third kappa shape index (κ3) is 5.98. The van der Waals surface area contributed by atoms with Crippen LogP contribution in [0, 0.1) is 5.92 Å². The van der Waals surface area contributed by atoms with Crippen molar-refractivity contribution < 1.29 is 9.64 Å². The predicted molar refractivity (Wildman–Crippen MR) is 81.9 cm³/mol. The summed E-state index contributed by atoms with van der Waals surface area (Å²) in [6, 6.07) is 10.5. The minimum Gasteiger partial charge on any atom is -0.375 e. The molecule has 1 aromatic rings. The van der Waals surface area contributed by atoms with Crippen molar-refractivity contribution in [2.24, 2.45) is 5.92 Å². The molecule has 0 aromatic heterocycles. The first-order valence-electron chi connectivity index (χ1n) is 7.44. The number of quaternary nitrogens is 1. The fourth-order valence-corrected chi connectivity index (χ4v) is 3.46. The summed E-state index contributed by atoms with van der Waals surface area (Å²) < 4.78 is 5.75. The first-order chi connectivity index (χ1) is 9.34. The lowest BCUT2D eigenvalue weighted by Gasteiger charge is -2.27. The van der Waals surface area contributed by atoms with Gasteiger partial charge in [0.1, 0.15) is 6.54 Å². The van der Waals surface area contributed by atoms with Crippen molar-refractivity contribution in [1.82, 2.24) is 0 Å². The molecule has 1 aliphatic heterocycles. The molecular formula is C16H26NOS+. The van der Waals surface area contributed by atoms with Crippen LogP contribution in [-0.4, -0.2) is 38.6 Å². The highest BCUT2D eigenvalue weighted by atomic mass is 32.2. The molecule has 1 heterocycles. The van der Waals surface area contributed by atoms with Gasteiger partial charge in [-0.25, -0.2) is 0 Å². The topological polar surface area (TPSA) is 13.7 Å². The normalized spacial score (nSPS) is 23.4. The number of piperidine rings is 1. The molecule has 0 saturated carbocycles. The first kappa shape index (κ1) is 14.9. The summed E-state index contributed by atoms with van der Waals surface area (Å²) in [6.07, 6.45) is 2.80. The van der Waals surface area contributed by atoms with Gasteiger partial charge in [0.2, 0.25) is 0 Å². The summed E-state index contributed by atoms with van der Waals surface area (Å²) in [5, 5.41) is 0. The van der Waals surface area contributed by atoms with E-state index in [1.165, 1.54) is 37.4 Å². The highest BCUT2D eigenvalue weighted by molar-refractivity contribution is 7.99. The Balaban J connectivity index is 1.48. The van der Waals surface area contributed by atoms with Crippen LogP contribution in [0.15, 0.2) is 35.2 Å². The second kappa shape index (κ2) is 8.62. The van der Waals surface area contributed by atoms with Gasteiger partial charge in [0, 0.05) is 16.6 Å². The fourth-order valence-electron chi connectivity index (χ4n) is 2.68. The van der Waals surface area contributed by atoms with E-state index in [1.807, 2.05) is 11.8 Å². The Morgan fingerprint density at radius 1 is 1.26 bits per heavy atom. The Kier molecular flexibility index (Phi) is 6.75. The van der Waals surface area contributed by atoms with Crippen LogP contribution in [0.3, 0.4) is 0 Å². The molecule has 1 aromatic carbocycles. The molecule has 19 heavy (non-hydrogen) atoms. The Bertz CT molecular complexity index is 344. The molecule has 1 saturated heterocycles. The van der Waals surface area contributed by atoms with Gasteiger partial charge < -0.3 is 9.64 Å². The molecule has 106 valence electrons. The summed E-state index contributed by atoms with van der Waals surface area (Å²) >= 11 is 1.88. The van der Waals surface area contributed by atoms with Crippen molar-refractivity contribution in [1.29, 1.82) is 0 Å². The lowest BCUT2D eigenvalue weighted by Crippen LogP contribution is -3.14. The van der Waals surface area contributed by atoms with E-state index in [0.29, 0.717) is 0 Å². The van der Waals surface area contributed by atoms with Gasteiger partial charge >= 0.3 is 0 Å². The van der Waals surface area contributed by atoms with Crippen LogP contribution in [0.2, 0.25) is 0 Å². The maximum Gasteiger partial charge on any atom is 0.101 e. The average Bonchev–Trinajstić information content (AvgIpc) is 2.44. The van der Waals surface area contributed by atoms with Gasteiger partial charge in [0.25, 0.3) is 0 Å². The van der Waals surface area contributed by atoms with Crippen molar-refractivity contribution in [2.45, 2.75) is 24.7 Å². The molecule has 2 rings (SSSR count). The predicted octanol–water partition coefficient (Wildman–Crippen LogP) is 2.11. The molecule has 0 bridgehead atoms. The van der Waals surface area contributed by atoms with E-state index >= 15 is 0 Å². The van der Waals surface area contributed by atoms with Crippen molar-refractivity contribution in [3.05, 3.63) is 30.3 Å². The monoisotopic (exact) mass is 280 g/mol. The Hall–Kier alpha value is -0.510. The van der Waals surface area contributed by atoms with Crippen LogP contribution in [0.25, 0.3) is 0 Å². The van der Waals surface area contributed by atoms with Gasteiger partial charge in [-0.1, -0.05) is 25.1 Å². The van der Waals surface area contributed by atoms with E-state index in [1.54, 1.807) is 4.90 Å². The van der Waals surface area contributed by atoms with Gasteiger partial charge in [0.05, 0.1) is 26.3 Å². The van der Waals surface area contributed by atoms with E-state index in [0.717, 1.165) is 24.9 Å².